The first-order valence-corrected chi connectivity index (χ1v) is 5.88. The summed E-state index contributed by atoms with van der Waals surface area (Å²) in [5.41, 5.74) is 0. The minimum Gasteiger partial charge on any atom is -0.352 e. The molecule has 0 aromatic rings. The molecule has 76 valence electrons. The molecule has 1 aliphatic heterocycles. The second-order valence-electron chi connectivity index (χ2n) is 3.81. The van der Waals surface area contributed by atoms with Crippen molar-refractivity contribution >= 4 is 17.7 Å². The fourth-order valence-corrected chi connectivity index (χ4v) is 2.00. The highest BCUT2D eigenvalue weighted by molar-refractivity contribution is 7.99. The van der Waals surface area contributed by atoms with Crippen LogP contribution < -0.4 is 10.6 Å². The Morgan fingerprint density at radius 1 is 1.54 bits per heavy atom. The molecule has 2 atom stereocenters. The van der Waals surface area contributed by atoms with Crippen molar-refractivity contribution in [2.24, 2.45) is 5.92 Å². The fraction of sp³-hybridized carbons (Fsp3) is 0.889. The zero-order valence-electron chi connectivity index (χ0n) is 8.46. The molecule has 0 spiro atoms. The molecule has 1 saturated heterocycles. The third-order valence-electron chi connectivity index (χ3n) is 2.40. The summed E-state index contributed by atoms with van der Waals surface area (Å²) in [6.45, 7) is 6.27. The topological polar surface area (TPSA) is 41.1 Å². The van der Waals surface area contributed by atoms with Gasteiger partial charge in [0.05, 0.1) is 6.04 Å². The number of nitrogens with one attached hydrogen (secondary N) is 2. The van der Waals surface area contributed by atoms with Crippen LogP contribution in [0.3, 0.4) is 0 Å². The standard InChI is InChI=1S/C9H18N2OS/c1-6(2)7(3)11-9(12)8-4-13-5-10-8/h6-8,10H,4-5H2,1-3H3,(H,11,12)/t7-,8-/m1/s1. The Hall–Kier alpha value is -0.220. The Balaban J connectivity index is 2.31. The quantitative estimate of drug-likeness (QED) is 0.711. The van der Waals surface area contributed by atoms with Gasteiger partial charge in [0.1, 0.15) is 0 Å². The van der Waals surface area contributed by atoms with E-state index in [4.69, 9.17) is 0 Å². The molecular formula is C9H18N2OS. The Bertz CT molecular complexity index is 178. The number of carbonyl (C=O) groups excluding carboxylic acids is 1. The summed E-state index contributed by atoms with van der Waals surface area (Å²) in [4.78, 5) is 11.6. The van der Waals surface area contributed by atoms with Crippen molar-refractivity contribution < 1.29 is 4.79 Å². The lowest BCUT2D eigenvalue weighted by molar-refractivity contribution is -0.123. The lowest BCUT2D eigenvalue weighted by Gasteiger charge is -2.19. The molecule has 0 aliphatic carbocycles. The molecule has 0 unspecified atom stereocenters. The molecule has 1 aliphatic rings. The average Bonchev–Trinajstić information content (AvgIpc) is 2.55. The van der Waals surface area contributed by atoms with Crippen LogP contribution in [0.5, 0.6) is 0 Å². The van der Waals surface area contributed by atoms with Crippen LogP contribution in [-0.4, -0.2) is 29.6 Å². The molecule has 0 radical (unpaired) electrons. The van der Waals surface area contributed by atoms with E-state index >= 15 is 0 Å². The highest BCUT2D eigenvalue weighted by Gasteiger charge is 2.23. The van der Waals surface area contributed by atoms with Gasteiger partial charge < -0.3 is 5.32 Å². The molecule has 1 fully saturated rings. The molecule has 3 nitrogen and oxygen atoms in total. The SMILES string of the molecule is CC(C)[C@@H](C)NC(=O)[C@H]1CSCN1. The molecule has 0 aromatic heterocycles. The Kier molecular flexibility index (Phi) is 4.06. The summed E-state index contributed by atoms with van der Waals surface area (Å²) in [6.07, 6.45) is 0. The lowest BCUT2D eigenvalue weighted by atomic mass is 10.1. The van der Waals surface area contributed by atoms with Crippen LogP contribution in [0.4, 0.5) is 0 Å². The number of thioether (sulfide) groups is 1. The summed E-state index contributed by atoms with van der Waals surface area (Å²) in [7, 11) is 0. The van der Waals surface area contributed by atoms with E-state index in [-0.39, 0.29) is 18.0 Å². The van der Waals surface area contributed by atoms with Crippen molar-refractivity contribution in [3.63, 3.8) is 0 Å². The molecule has 0 saturated carbocycles. The Morgan fingerprint density at radius 2 is 2.23 bits per heavy atom. The molecule has 1 amide bonds. The van der Waals surface area contributed by atoms with Gasteiger partial charge in [-0.3, -0.25) is 10.1 Å². The maximum absolute atomic E-state index is 11.6. The number of rotatable bonds is 3. The smallest absolute Gasteiger partial charge is 0.238 e. The predicted octanol–water partition coefficient (Wildman–Crippen LogP) is 0.810. The number of carbonyl (C=O) groups is 1. The molecule has 2 N–H and O–H groups in total. The molecule has 4 heteroatoms. The first-order chi connectivity index (χ1) is 6.11. The zero-order chi connectivity index (χ0) is 9.84. The van der Waals surface area contributed by atoms with Crippen LogP contribution in [0.25, 0.3) is 0 Å². The second-order valence-corrected chi connectivity index (χ2v) is 4.84. The van der Waals surface area contributed by atoms with Crippen molar-refractivity contribution in [2.75, 3.05) is 11.6 Å². The number of amides is 1. The van der Waals surface area contributed by atoms with Crippen LogP contribution >= 0.6 is 11.8 Å². The molecular weight excluding hydrogens is 184 g/mol. The van der Waals surface area contributed by atoms with E-state index in [1.54, 1.807) is 11.8 Å². The normalized spacial score (nSPS) is 24.8. The molecule has 0 bridgehead atoms. The average molecular weight is 202 g/mol. The summed E-state index contributed by atoms with van der Waals surface area (Å²) in [5.74, 6) is 2.44. The van der Waals surface area contributed by atoms with Crippen LogP contribution in [0.1, 0.15) is 20.8 Å². The van der Waals surface area contributed by atoms with Crippen LogP contribution in [-0.2, 0) is 4.79 Å². The lowest BCUT2D eigenvalue weighted by Crippen LogP contribution is -2.46. The summed E-state index contributed by atoms with van der Waals surface area (Å²) in [5, 5.41) is 6.16. The van der Waals surface area contributed by atoms with Crippen molar-refractivity contribution in [3.05, 3.63) is 0 Å². The van der Waals surface area contributed by atoms with Gasteiger partial charge in [-0.15, -0.1) is 11.8 Å². The maximum Gasteiger partial charge on any atom is 0.238 e. The molecule has 1 rings (SSSR count). The van der Waals surface area contributed by atoms with Crippen molar-refractivity contribution in [1.29, 1.82) is 0 Å². The van der Waals surface area contributed by atoms with E-state index in [0.717, 1.165) is 11.6 Å². The van der Waals surface area contributed by atoms with Crippen LogP contribution in [0.15, 0.2) is 0 Å². The van der Waals surface area contributed by atoms with E-state index < -0.39 is 0 Å². The maximum atomic E-state index is 11.6. The largest absolute Gasteiger partial charge is 0.352 e. The van der Waals surface area contributed by atoms with E-state index in [0.29, 0.717) is 5.92 Å². The van der Waals surface area contributed by atoms with Gasteiger partial charge in [-0.25, -0.2) is 0 Å². The minimum atomic E-state index is 0.0196. The molecule has 1 heterocycles. The first-order valence-electron chi connectivity index (χ1n) is 4.72. The van der Waals surface area contributed by atoms with Gasteiger partial charge in [0, 0.05) is 17.7 Å². The van der Waals surface area contributed by atoms with Gasteiger partial charge in [-0.2, -0.15) is 0 Å². The number of hydrogen-bond donors (Lipinski definition) is 2. The Labute approximate surface area is 84.0 Å². The zero-order valence-corrected chi connectivity index (χ0v) is 9.28. The molecule has 13 heavy (non-hydrogen) atoms. The van der Waals surface area contributed by atoms with Gasteiger partial charge in [0.25, 0.3) is 0 Å². The minimum absolute atomic E-state index is 0.0196. The van der Waals surface area contributed by atoms with E-state index in [9.17, 15) is 4.79 Å². The summed E-state index contributed by atoms with van der Waals surface area (Å²) in [6, 6.07) is 0.283. The van der Waals surface area contributed by atoms with E-state index in [2.05, 4.69) is 24.5 Å². The van der Waals surface area contributed by atoms with Crippen molar-refractivity contribution in [2.45, 2.75) is 32.9 Å². The predicted molar refractivity (Wildman–Crippen MR) is 56.7 cm³/mol. The van der Waals surface area contributed by atoms with Gasteiger partial charge >= 0.3 is 0 Å². The van der Waals surface area contributed by atoms with E-state index in [1.165, 1.54) is 0 Å². The molecule has 0 aromatic carbocycles. The monoisotopic (exact) mass is 202 g/mol. The number of hydrogen-bond acceptors (Lipinski definition) is 3. The van der Waals surface area contributed by atoms with Crippen LogP contribution in [0.2, 0.25) is 0 Å². The van der Waals surface area contributed by atoms with Gasteiger partial charge in [0.2, 0.25) is 5.91 Å². The third-order valence-corrected chi connectivity index (χ3v) is 3.34. The summed E-state index contributed by atoms with van der Waals surface area (Å²) >= 11 is 1.77. The highest BCUT2D eigenvalue weighted by Crippen LogP contribution is 2.10. The van der Waals surface area contributed by atoms with Crippen molar-refractivity contribution in [1.82, 2.24) is 10.6 Å². The van der Waals surface area contributed by atoms with Gasteiger partial charge in [-0.05, 0) is 12.8 Å². The fourth-order valence-electron chi connectivity index (χ4n) is 1.06. The highest BCUT2D eigenvalue weighted by atomic mass is 32.2. The van der Waals surface area contributed by atoms with Gasteiger partial charge in [-0.1, -0.05) is 13.8 Å². The third kappa shape index (κ3) is 3.19. The van der Waals surface area contributed by atoms with Gasteiger partial charge in [0.15, 0.2) is 0 Å². The van der Waals surface area contributed by atoms with E-state index in [1.807, 2.05) is 6.92 Å². The Morgan fingerprint density at radius 3 is 2.69 bits per heavy atom. The summed E-state index contributed by atoms with van der Waals surface area (Å²) < 4.78 is 0. The van der Waals surface area contributed by atoms with Crippen molar-refractivity contribution in [3.8, 4) is 0 Å². The first kappa shape index (κ1) is 10.9. The van der Waals surface area contributed by atoms with Crippen LogP contribution in [0, 0.1) is 5.92 Å². The second kappa shape index (κ2) is 4.86.